The number of carbonyl (C=O) groups is 2. The summed E-state index contributed by atoms with van der Waals surface area (Å²) in [5.41, 5.74) is 1.66. The van der Waals surface area contributed by atoms with Crippen LogP contribution in [-0.4, -0.2) is 58.1 Å². The summed E-state index contributed by atoms with van der Waals surface area (Å²) in [5.74, 6) is 0.0538. The number of hydrogen-bond donors (Lipinski definition) is 2. The first kappa shape index (κ1) is 17.3. The Labute approximate surface area is 147 Å². The molecule has 134 valence electrons. The van der Waals surface area contributed by atoms with E-state index in [0.29, 0.717) is 26.2 Å². The first-order valence-corrected chi connectivity index (χ1v) is 8.90. The zero-order chi connectivity index (χ0) is 17.8. The van der Waals surface area contributed by atoms with Gasteiger partial charge in [-0.15, -0.1) is 0 Å². The highest BCUT2D eigenvalue weighted by molar-refractivity contribution is 5.93. The summed E-state index contributed by atoms with van der Waals surface area (Å²) < 4.78 is 0. The molecule has 3 rings (SSSR count). The van der Waals surface area contributed by atoms with Crippen molar-refractivity contribution in [1.82, 2.24) is 20.0 Å². The number of fused-ring (bicyclic) bond motifs is 1. The SMILES string of the molecule is CCN(CC)C(=O)[C@@H]1CCCN(C(=O)Nc2ccc3[nH]ncc3c2)C1. The number of carbonyl (C=O) groups excluding carboxylic acids is 2. The third-order valence-corrected chi connectivity index (χ3v) is 4.82. The number of piperidine rings is 1. The lowest BCUT2D eigenvalue weighted by Crippen LogP contribution is -2.47. The van der Waals surface area contributed by atoms with Gasteiger partial charge in [-0.25, -0.2) is 4.79 Å². The lowest BCUT2D eigenvalue weighted by atomic mass is 9.96. The Balaban J connectivity index is 1.64. The molecule has 0 bridgehead atoms. The maximum absolute atomic E-state index is 12.6. The second-order valence-electron chi connectivity index (χ2n) is 6.40. The number of nitrogens with zero attached hydrogens (tertiary/aromatic N) is 3. The number of hydrogen-bond acceptors (Lipinski definition) is 3. The van der Waals surface area contributed by atoms with Crippen molar-refractivity contribution in [2.45, 2.75) is 26.7 Å². The van der Waals surface area contributed by atoms with Crippen LogP contribution in [0.2, 0.25) is 0 Å². The molecule has 7 nitrogen and oxygen atoms in total. The van der Waals surface area contributed by atoms with Gasteiger partial charge in [-0.2, -0.15) is 5.10 Å². The number of aromatic amines is 1. The number of anilines is 1. The molecule has 1 aliphatic heterocycles. The van der Waals surface area contributed by atoms with E-state index in [4.69, 9.17) is 0 Å². The standard InChI is InChI=1S/C18H25N5O2/c1-3-22(4-2)17(24)13-6-5-9-23(12-13)18(25)20-15-7-8-16-14(10-15)11-19-21-16/h7-8,10-11,13H,3-6,9,12H2,1-2H3,(H,19,21)(H,20,25)/t13-/m1/s1. The van der Waals surface area contributed by atoms with Gasteiger partial charge in [0.05, 0.1) is 17.6 Å². The second-order valence-corrected chi connectivity index (χ2v) is 6.40. The maximum Gasteiger partial charge on any atom is 0.321 e. The van der Waals surface area contributed by atoms with Crippen molar-refractivity contribution in [1.29, 1.82) is 0 Å². The van der Waals surface area contributed by atoms with Crippen LogP contribution in [0, 0.1) is 5.92 Å². The molecule has 0 aliphatic carbocycles. The molecule has 1 aromatic carbocycles. The van der Waals surface area contributed by atoms with E-state index in [-0.39, 0.29) is 17.9 Å². The van der Waals surface area contributed by atoms with E-state index in [0.717, 1.165) is 29.4 Å². The number of H-pyrrole nitrogens is 1. The zero-order valence-electron chi connectivity index (χ0n) is 14.8. The van der Waals surface area contributed by atoms with Crippen molar-refractivity contribution >= 4 is 28.5 Å². The van der Waals surface area contributed by atoms with E-state index in [2.05, 4.69) is 15.5 Å². The average Bonchev–Trinajstić information content (AvgIpc) is 3.10. The molecular formula is C18H25N5O2. The average molecular weight is 343 g/mol. The summed E-state index contributed by atoms with van der Waals surface area (Å²) in [6.07, 6.45) is 3.43. The van der Waals surface area contributed by atoms with Gasteiger partial charge in [0.15, 0.2) is 0 Å². The molecule has 2 heterocycles. The fourth-order valence-corrected chi connectivity index (χ4v) is 3.38. The molecule has 1 fully saturated rings. The molecule has 2 N–H and O–H groups in total. The van der Waals surface area contributed by atoms with Crippen LogP contribution in [0.25, 0.3) is 10.9 Å². The molecule has 2 aromatic rings. The molecule has 0 unspecified atom stereocenters. The minimum Gasteiger partial charge on any atom is -0.343 e. The van der Waals surface area contributed by atoms with Gasteiger partial charge < -0.3 is 15.1 Å². The second kappa shape index (κ2) is 7.55. The van der Waals surface area contributed by atoms with Crippen LogP contribution < -0.4 is 5.32 Å². The van der Waals surface area contributed by atoms with E-state index in [1.807, 2.05) is 36.9 Å². The van der Waals surface area contributed by atoms with E-state index in [1.54, 1.807) is 11.1 Å². The predicted octanol–water partition coefficient (Wildman–Crippen LogP) is 2.68. The molecule has 1 atom stereocenters. The Morgan fingerprint density at radius 3 is 2.92 bits per heavy atom. The van der Waals surface area contributed by atoms with Crippen LogP contribution in [0.1, 0.15) is 26.7 Å². The summed E-state index contributed by atoms with van der Waals surface area (Å²) in [6.45, 7) is 6.56. The Bertz CT molecular complexity index is 753. The van der Waals surface area contributed by atoms with Gasteiger partial charge in [0.1, 0.15) is 0 Å². The fourth-order valence-electron chi connectivity index (χ4n) is 3.38. The molecule has 1 aliphatic rings. The number of likely N-dealkylation sites (tertiary alicyclic amines) is 1. The van der Waals surface area contributed by atoms with E-state index in [1.165, 1.54) is 0 Å². The van der Waals surface area contributed by atoms with Crippen molar-refractivity contribution < 1.29 is 9.59 Å². The van der Waals surface area contributed by atoms with Gasteiger partial charge in [-0.3, -0.25) is 9.89 Å². The summed E-state index contributed by atoms with van der Waals surface area (Å²) >= 11 is 0. The van der Waals surface area contributed by atoms with Crippen molar-refractivity contribution in [3.63, 3.8) is 0 Å². The van der Waals surface area contributed by atoms with Gasteiger partial charge in [-0.1, -0.05) is 0 Å². The van der Waals surface area contributed by atoms with Crippen LogP contribution in [0.3, 0.4) is 0 Å². The van der Waals surface area contributed by atoms with Gasteiger partial charge in [0.25, 0.3) is 0 Å². The molecule has 1 aromatic heterocycles. The minimum absolute atomic E-state index is 0.101. The number of urea groups is 1. The Hall–Kier alpha value is -2.57. The van der Waals surface area contributed by atoms with Gasteiger partial charge >= 0.3 is 6.03 Å². The summed E-state index contributed by atoms with van der Waals surface area (Å²) in [4.78, 5) is 28.7. The monoisotopic (exact) mass is 343 g/mol. The third-order valence-electron chi connectivity index (χ3n) is 4.82. The molecular weight excluding hydrogens is 318 g/mol. The van der Waals surface area contributed by atoms with Crippen molar-refractivity contribution in [2.24, 2.45) is 5.92 Å². The number of aromatic nitrogens is 2. The van der Waals surface area contributed by atoms with Crippen LogP contribution >= 0.6 is 0 Å². The van der Waals surface area contributed by atoms with Gasteiger partial charge in [0.2, 0.25) is 5.91 Å². The fraction of sp³-hybridized carbons (Fsp3) is 0.500. The zero-order valence-corrected chi connectivity index (χ0v) is 14.8. The molecule has 1 saturated heterocycles. The van der Waals surface area contributed by atoms with E-state index >= 15 is 0 Å². The Kier molecular flexibility index (Phi) is 5.21. The molecule has 0 spiro atoms. The predicted molar refractivity (Wildman–Crippen MR) is 97.3 cm³/mol. The van der Waals surface area contributed by atoms with Crippen LogP contribution in [-0.2, 0) is 4.79 Å². The lowest BCUT2D eigenvalue weighted by molar-refractivity contribution is -0.136. The quantitative estimate of drug-likeness (QED) is 0.895. The van der Waals surface area contributed by atoms with Crippen LogP contribution in [0.4, 0.5) is 10.5 Å². The molecule has 7 heteroatoms. The highest BCUT2D eigenvalue weighted by Gasteiger charge is 2.30. The first-order chi connectivity index (χ1) is 12.1. The Morgan fingerprint density at radius 2 is 2.16 bits per heavy atom. The lowest BCUT2D eigenvalue weighted by Gasteiger charge is -2.34. The summed E-state index contributed by atoms with van der Waals surface area (Å²) in [7, 11) is 0. The smallest absolute Gasteiger partial charge is 0.321 e. The van der Waals surface area contributed by atoms with Gasteiger partial charge in [0, 0.05) is 37.3 Å². The van der Waals surface area contributed by atoms with Crippen LogP contribution in [0.15, 0.2) is 24.4 Å². The first-order valence-electron chi connectivity index (χ1n) is 8.90. The summed E-state index contributed by atoms with van der Waals surface area (Å²) in [6, 6.07) is 5.47. The Morgan fingerprint density at radius 1 is 1.36 bits per heavy atom. The molecule has 0 saturated carbocycles. The number of amides is 3. The largest absolute Gasteiger partial charge is 0.343 e. The third kappa shape index (κ3) is 3.75. The molecule has 25 heavy (non-hydrogen) atoms. The normalized spacial score (nSPS) is 17.5. The van der Waals surface area contributed by atoms with Crippen molar-refractivity contribution in [2.75, 3.05) is 31.5 Å². The minimum atomic E-state index is -0.153. The maximum atomic E-state index is 12.6. The van der Waals surface area contributed by atoms with Crippen LogP contribution in [0.5, 0.6) is 0 Å². The van der Waals surface area contributed by atoms with Crippen molar-refractivity contribution in [3.8, 4) is 0 Å². The molecule has 0 radical (unpaired) electrons. The van der Waals surface area contributed by atoms with Gasteiger partial charge in [-0.05, 0) is 44.9 Å². The number of benzene rings is 1. The number of rotatable bonds is 4. The van der Waals surface area contributed by atoms with E-state index < -0.39 is 0 Å². The number of nitrogens with one attached hydrogen (secondary N) is 2. The molecule has 3 amide bonds. The highest BCUT2D eigenvalue weighted by Crippen LogP contribution is 2.21. The van der Waals surface area contributed by atoms with Crippen molar-refractivity contribution in [3.05, 3.63) is 24.4 Å². The topological polar surface area (TPSA) is 81.3 Å². The summed E-state index contributed by atoms with van der Waals surface area (Å²) in [5, 5.41) is 10.8. The van der Waals surface area contributed by atoms with E-state index in [9.17, 15) is 9.59 Å². The highest BCUT2D eigenvalue weighted by atomic mass is 16.2.